The van der Waals surface area contributed by atoms with Crippen LogP contribution >= 0.6 is 11.6 Å². The highest BCUT2D eigenvalue weighted by Crippen LogP contribution is 2.16. The van der Waals surface area contributed by atoms with Crippen molar-refractivity contribution in [2.24, 2.45) is 0 Å². The van der Waals surface area contributed by atoms with Gasteiger partial charge in [-0.1, -0.05) is 24.6 Å². The highest BCUT2D eigenvalue weighted by atomic mass is 35.5. The van der Waals surface area contributed by atoms with Crippen molar-refractivity contribution >= 4 is 17.5 Å². The zero-order valence-corrected chi connectivity index (χ0v) is 10.9. The number of nitrogens with one attached hydrogen (secondary N) is 1. The van der Waals surface area contributed by atoms with Crippen LogP contribution in [-0.4, -0.2) is 23.7 Å². The number of rotatable bonds is 5. The summed E-state index contributed by atoms with van der Waals surface area (Å²) in [7, 11) is 0. The van der Waals surface area contributed by atoms with Gasteiger partial charge in [0.2, 0.25) is 0 Å². The molecule has 1 rings (SSSR count). The predicted octanol–water partition coefficient (Wildman–Crippen LogP) is 2.54. The molecular weight excluding hydrogens is 238 g/mol. The van der Waals surface area contributed by atoms with Gasteiger partial charge in [-0.05, 0) is 37.5 Å². The maximum absolute atomic E-state index is 11.9. The summed E-state index contributed by atoms with van der Waals surface area (Å²) >= 11 is 5.97. The molecule has 0 aliphatic heterocycles. The molecule has 1 atom stereocenters. The third kappa shape index (κ3) is 4.02. The fourth-order valence-electron chi connectivity index (χ4n) is 1.54. The van der Waals surface area contributed by atoms with Crippen molar-refractivity contribution in [1.29, 1.82) is 0 Å². The molecule has 1 aromatic carbocycles. The van der Waals surface area contributed by atoms with E-state index in [1.165, 1.54) is 0 Å². The summed E-state index contributed by atoms with van der Waals surface area (Å²) in [6, 6.07) is 5.25. The molecule has 0 heterocycles. The van der Waals surface area contributed by atoms with Gasteiger partial charge in [-0.25, -0.2) is 0 Å². The van der Waals surface area contributed by atoms with E-state index >= 15 is 0 Å². The topological polar surface area (TPSA) is 49.3 Å². The number of aliphatic hydroxyl groups excluding tert-OH is 1. The Kier molecular flexibility index (Phi) is 5.45. The Morgan fingerprint density at radius 3 is 2.76 bits per heavy atom. The van der Waals surface area contributed by atoms with Gasteiger partial charge in [0.15, 0.2) is 0 Å². The summed E-state index contributed by atoms with van der Waals surface area (Å²) in [5.41, 5.74) is 1.50. The molecule has 1 unspecified atom stereocenters. The minimum absolute atomic E-state index is 0.00702. The Morgan fingerprint density at radius 1 is 1.53 bits per heavy atom. The standard InChI is InChI=1S/C13H18ClNO2/c1-3-11(6-7-16)15-13(17)10-5-4-9(2)12(14)8-10/h4-5,8,11,16H,3,6-7H2,1-2H3,(H,15,17). The molecule has 0 aliphatic rings. The Hall–Kier alpha value is -1.06. The van der Waals surface area contributed by atoms with Crippen LogP contribution < -0.4 is 5.32 Å². The van der Waals surface area contributed by atoms with Gasteiger partial charge in [0.1, 0.15) is 0 Å². The van der Waals surface area contributed by atoms with Crippen LogP contribution in [0.15, 0.2) is 18.2 Å². The fraction of sp³-hybridized carbons (Fsp3) is 0.462. The monoisotopic (exact) mass is 255 g/mol. The molecule has 4 heteroatoms. The summed E-state index contributed by atoms with van der Waals surface area (Å²) in [5.74, 6) is -0.146. The Labute approximate surface area is 107 Å². The molecule has 1 aromatic rings. The Morgan fingerprint density at radius 2 is 2.24 bits per heavy atom. The molecule has 0 saturated carbocycles. The third-order valence-electron chi connectivity index (χ3n) is 2.74. The fourth-order valence-corrected chi connectivity index (χ4v) is 1.72. The van der Waals surface area contributed by atoms with Crippen molar-refractivity contribution in [2.75, 3.05) is 6.61 Å². The van der Waals surface area contributed by atoms with Gasteiger partial charge < -0.3 is 10.4 Å². The smallest absolute Gasteiger partial charge is 0.251 e. The zero-order chi connectivity index (χ0) is 12.8. The first-order valence-electron chi connectivity index (χ1n) is 5.76. The Bertz CT molecular complexity index is 393. The molecule has 1 amide bonds. The van der Waals surface area contributed by atoms with Crippen molar-refractivity contribution < 1.29 is 9.90 Å². The second-order valence-corrected chi connectivity index (χ2v) is 4.46. The van der Waals surface area contributed by atoms with E-state index in [0.29, 0.717) is 17.0 Å². The molecule has 0 aliphatic carbocycles. The number of hydrogen-bond donors (Lipinski definition) is 2. The van der Waals surface area contributed by atoms with E-state index in [1.807, 2.05) is 19.9 Å². The van der Waals surface area contributed by atoms with Gasteiger partial charge in [-0.3, -0.25) is 4.79 Å². The quantitative estimate of drug-likeness (QED) is 0.850. The van der Waals surface area contributed by atoms with Crippen LogP contribution in [0.5, 0.6) is 0 Å². The number of aryl methyl sites for hydroxylation is 1. The van der Waals surface area contributed by atoms with Gasteiger partial charge in [-0.2, -0.15) is 0 Å². The molecule has 3 nitrogen and oxygen atoms in total. The van der Waals surface area contributed by atoms with Crippen LogP contribution in [0.25, 0.3) is 0 Å². The van der Waals surface area contributed by atoms with Gasteiger partial charge in [-0.15, -0.1) is 0 Å². The highest BCUT2D eigenvalue weighted by molar-refractivity contribution is 6.31. The summed E-state index contributed by atoms with van der Waals surface area (Å²) in [6.45, 7) is 3.95. The van der Waals surface area contributed by atoms with Crippen LogP contribution in [0.1, 0.15) is 35.7 Å². The molecule has 17 heavy (non-hydrogen) atoms. The number of hydrogen-bond acceptors (Lipinski definition) is 2. The minimum Gasteiger partial charge on any atom is -0.396 e. The normalized spacial score (nSPS) is 12.2. The summed E-state index contributed by atoms with van der Waals surface area (Å²) in [6.07, 6.45) is 1.37. The average molecular weight is 256 g/mol. The van der Waals surface area contributed by atoms with Crippen molar-refractivity contribution in [3.8, 4) is 0 Å². The minimum atomic E-state index is -0.146. The van der Waals surface area contributed by atoms with E-state index in [9.17, 15) is 4.79 Å². The van der Waals surface area contributed by atoms with Gasteiger partial charge in [0.25, 0.3) is 5.91 Å². The van der Waals surface area contributed by atoms with Gasteiger partial charge in [0.05, 0.1) is 0 Å². The van der Waals surface area contributed by atoms with Crippen LogP contribution in [0.2, 0.25) is 5.02 Å². The van der Waals surface area contributed by atoms with Crippen molar-refractivity contribution in [3.63, 3.8) is 0 Å². The highest BCUT2D eigenvalue weighted by Gasteiger charge is 2.12. The van der Waals surface area contributed by atoms with E-state index in [4.69, 9.17) is 16.7 Å². The van der Waals surface area contributed by atoms with E-state index < -0.39 is 0 Å². The number of benzene rings is 1. The lowest BCUT2D eigenvalue weighted by molar-refractivity contribution is 0.0929. The largest absolute Gasteiger partial charge is 0.396 e. The first kappa shape index (κ1) is 14.0. The van der Waals surface area contributed by atoms with Crippen LogP contribution in [0, 0.1) is 6.92 Å². The third-order valence-corrected chi connectivity index (χ3v) is 3.15. The number of amides is 1. The second kappa shape index (κ2) is 6.62. The number of carbonyl (C=O) groups is 1. The lowest BCUT2D eigenvalue weighted by atomic mass is 10.1. The van der Waals surface area contributed by atoms with Gasteiger partial charge in [0, 0.05) is 23.2 Å². The van der Waals surface area contributed by atoms with Gasteiger partial charge >= 0.3 is 0 Å². The first-order valence-corrected chi connectivity index (χ1v) is 6.14. The second-order valence-electron chi connectivity index (χ2n) is 4.05. The molecule has 0 aromatic heterocycles. The maximum atomic E-state index is 11.9. The molecule has 2 N–H and O–H groups in total. The predicted molar refractivity (Wildman–Crippen MR) is 69.4 cm³/mol. The molecule has 0 bridgehead atoms. The molecule has 0 spiro atoms. The van der Waals surface area contributed by atoms with Crippen molar-refractivity contribution in [2.45, 2.75) is 32.7 Å². The van der Waals surface area contributed by atoms with Crippen LogP contribution in [-0.2, 0) is 0 Å². The van der Waals surface area contributed by atoms with E-state index in [0.717, 1.165) is 12.0 Å². The molecule has 0 radical (unpaired) electrons. The maximum Gasteiger partial charge on any atom is 0.251 e. The molecule has 0 fully saturated rings. The summed E-state index contributed by atoms with van der Waals surface area (Å²) < 4.78 is 0. The first-order chi connectivity index (χ1) is 8.08. The zero-order valence-electron chi connectivity index (χ0n) is 10.2. The number of carbonyl (C=O) groups excluding carboxylic acids is 1. The lowest BCUT2D eigenvalue weighted by Crippen LogP contribution is -2.35. The van der Waals surface area contributed by atoms with Crippen molar-refractivity contribution in [1.82, 2.24) is 5.32 Å². The average Bonchev–Trinajstić information content (AvgIpc) is 2.31. The summed E-state index contributed by atoms with van der Waals surface area (Å²) in [4.78, 5) is 11.9. The van der Waals surface area contributed by atoms with Crippen LogP contribution in [0.3, 0.4) is 0 Å². The van der Waals surface area contributed by atoms with E-state index in [2.05, 4.69) is 5.32 Å². The number of aliphatic hydroxyl groups is 1. The summed E-state index contributed by atoms with van der Waals surface area (Å²) in [5, 5.41) is 12.3. The SMILES string of the molecule is CCC(CCO)NC(=O)c1ccc(C)c(Cl)c1. The van der Waals surface area contributed by atoms with E-state index in [1.54, 1.807) is 12.1 Å². The van der Waals surface area contributed by atoms with Crippen molar-refractivity contribution in [3.05, 3.63) is 34.3 Å². The lowest BCUT2D eigenvalue weighted by Gasteiger charge is -2.15. The molecule has 94 valence electrons. The molecule has 0 saturated heterocycles. The molecular formula is C13H18ClNO2. The Balaban J connectivity index is 2.72. The van der Waals surface area contributed by atoms with Crippen LogP contribution in [0.4, 0.5) is 0 Å². The van der Waals surface area contributed by atoms with E-state index in [-0.39, 0.29) is 18.6 Å². The number of halogens is 1.